The summed E-state index contributed by atoms with van der Waals surface area (Å²) in [4.78, 5) is 10.5. The minimum absolute atomic E-state index is 0.121. The summed E-state index contributed by atoms with van der Waals surface area (Å²) in [6.45, 7) is 0.484. The number of hydrogen-bond donors (Lipinski definition) is 2. The first-order chi connectivity index (χ1) is 8.95. The molecule has 0 atom stereocenters. The summed E-state index contributed by atoms with van der Waals surface area (Å²) in [5, 5.41) is 8.47. The van der Waals surface area contributed by atoms with Crippen LogP contribution in [-0.2, 0) is 19.6 Å². The molecule has 0 bridgehead atoms. The van der Waals surface area contributed by atoms with Crippen molar-refractivity contribution in [3.05, 3.63) is 35.9 Å². The molecule has 0 unspecified atom stereocenters. The minimum atomic E-state index is -3.55. The molecule has 0 radical (unpaired) electrons. The third-order valence-corrected chi connectivity index (χ3v) is 3.68. The van der Waals surface area contributed by atoms with Crippen molar-refractivity contribution in [2.24, 2.45) is 0 Å². The predicted octanol–water partition coefficient (Wildman–Crippen LogP) is 0.709. The highest BCUT2D eigenvalue weighted by Gasteiger charge is 2.12. The largest absolute Gasteiger partial charge is 0.478 e. The first kappa shape index (κ1) is 15.4. The Labute approximate surface area is 111 Å². The summed E-state index contributed by atoms with van der Waals surface area (Å²) in [5.41, 5.74) is 0.609. The van der Waals surface area contributed by atoms with Crippen LogP contribution >= 0.6 is 0 Å². The van der Waals surface area contributed by atoms with Crippen molar-refractivity contribution in [3.8, 4) is 0 Å². The molecule has 0 fully saturated rings. The van der Waals surface area contributed by atoms with E-state index < -0.39 is 16.0 Å². The Bertz CT molecular complexity index is 548. The topological polar surface area (TPSA) is 92.7 Å². The Morgan fingerprint density at radius 2 is 2.00 bits per heavy atom. The Hall–Kier alpha value is -1.70. The number of benzene rings is 1. The molecule has 0 aliphatic rings. The second-order valence-corrected chi connectivity index (χ2v) is 5.40. The molecule has 7 heteroatoms. The number of hydrogen-bond acceptors (Lipinski definition) is 4. The van der Waals surface area contributed by atoms with E-state index >= 15 is 0 Å². The van der Waals surface area contributed by atoms with E-state index in [1.807, 2.05) is 0 Å². The lowest BCUT2D eigenvalue weighted by Gasteiger charge is -2.06. The lowest BCUT2D eigenvalue weighted by Crippen LogP contribution is -2.27. The monoisotopic (exact) mass is 285 g/mol. The second-order valence-electron chi connectivity index (χ2n) is 3.63. The molecule has 0 heterocycles. The average molecular weight is 285 g/mol. The number of methoxy groups -OCH3 is 1. The number of carbonyl (C=O) groups is 1. The van der Waals surface area contributed by atoms with Gasteiger partial charge < -0.3 is 9.84 Å². The lowest BCUT2D eigenvalue weighted by molar-refractivity contribution is -0.131. The maximum atomic E-state index is 11.8. The first-order valence-electron chi connectivity index (χ1n) is 5.45. The van der Waals surface area contributed by atoms with Gasteiger partial charge in [0, 0.05) is 19.7 Å². The molecule has 1 aromatic rings. The Morgan fingerprint density at radius 3 is 2.53 bits per heavy atom. The van der Waals surface area contributed by atoms with Crippen LogP contribution in [0.3, 0.4) is 0 Å². The smallest absolute Gasteiger partial charge is 0.328 e. The van der Waals surface area contributed by atoms with Crippen LogP contribution in [0.2, 0.25) is 0 Å². The minimum Gasteiger partial charge on any atom is -0.478 e. The number of carboxylic acid groups (broad SMARTS) is 1. The zero-order valence-corrected chi connectivity index (χ0v) is 11.2. The third-order valence-electron chi connectivity index (χ3n) is 2.21. The SMILES string of the molecule is COCCNS(=O)(=O)c1ccc(/C=C/C(=O)O)cc1. The summed E-state index contributed by atoms with van der Waals surface area (Å²) < 4.78 is 30.7. The summed E-state index contributed by atoms with van der Waals surface area (Å²) >= 11 is 0. The van der Waals surface area contributed by atoms with Gasteiger partial charge in [0.1, 0.15) is 0 Å². The van der Waals surface area contributed by atoms with Gasteiger partial charge in [-0.1, -0.05) is 12.1 Å². The molecule has 0 aromatic heterocycles. The molecule has 0 saturated heterocycles. The van der Waals surface area contributed by atoms with Gasteiger partial charge in [0.05, 0.1) is 11.5 Å². The molecule has 0 amide bonds. The van der Waals surface area contributed by atoms with Gasteiger partial charge in [0.2, 0.25) is 10.0 Å². The van der Waals surface area contributed by atoms with Gasteiger partial charge in [-0.25, -0.2) is 17.9 Å². The summed E-state index contributed by atoms with van der Waals surface area (Å²) in [7, 11) is -2.07. The van der Waals surface area contributed by atoms with Crippen LogP contribution in [0, 0.1) is 0 Å². The van der Waals surface area contributed by atoms with Crippen molar-refractivity contribution in [2.75, 3.05) is 20.3 Å². The lowest BCUT2D eigenvalue weighted by atomic mass is 10.2. The average Bonchev–Trinajstić information content (AvgIpc) is 2.37. The van der Waals surface area contributed by atoms with Crippen molar-refractivity contribution in [1.82, 2.24) is 4.72 Å². The van der Waals surface area contributed by atoms with Gasteiger partial charge >= 0.3 is 5.97 Å². The van der Waals surface area contributed by atoms with E-state index in [1.165, 1.54) is 37.5 Å². The first-order valence-corrected chi connectivity index (χ1v) is 6.94. The molecular formula is C12H15NO5S. The van der Waals surface area contributed by atoms with Crippen LogP contribution in [0.1, 0.15) is 5.56 Å². The number of aliphatic carboxylic acids is 1. The van der Waals surface area contributed by atoms with E-state index in [1.54, 1.807) is 0 Å². The predicted molar refractivity (Wildman–Crippen MR) is 70.2 cm³/mol. The molecule has 6 nitrogen and oxygen atoms in total. The maximum absolute atomic E-state index is 11.8. The highest BCUT2D eigenvalue weighted by molar-refractivity contribution is 7.89. The Morgan fingerprint density at radius 1 is 1.37 bits per heavy atom. The molecule has 104 valence electrons. The zero-order chi connectivity index (χ0) is 14.3. The van der Waals surface area contributed by atoms with Crippen LogP contribution in [0.15, 0.2) is 35.2 Å². The van der Waals surface area contributed by atoms with Crippen LogP contribution in [0.5, 0.6) is 0 Å². The molecule has 1 aromatic carbocycles. The number of sulfonamides is 1. The van der Waals surface area contributed by atoms with Crippen molar-refractivity contribution in [2.45, 2.75) is 4.90 Å². The summed E-state index contributed by atoms with van der Waals surface area (Å²) in [6, 6.07) is 5.89. The van der Waals surface area contributed by atoms with Crippen molar-refractivity contribution in [3.63, 3.8) is 0 Å². The number of carboxylic acids is 1. The van der Waals surface area contributed by atoms with Crippen molar-refractivity contribution in [1.29, 1.82) is 0 Å². The highest BCUT2D eigenvalue weighted by atomic mass is 32.2. The van der Waals surface area contributed by atoms with E-state index in [0.717, 1.165) is 6.08 Å². The molecule has 0 aliphatic carbocycles. The quantitative estimate of drug-likeness (QED) is 0.568. The molecule has 0 spiro atoms. The maximum Gasteiger partial charge on any atom is 0.328 e. The summed E-state index contributed by atoms with van der Waals surface area (Å²) in [5.74, 6) is -1.06. The number of rotatable bonds is 7. The molecule has 2 N–H and O–H groups in total. The van der Waals surface area contributed by atoms with Crippen LogP contribution in [-0.4, -0.2) is 39.8 Å². The fraction of sp³-hybridized carbons (Fsp3) is 0.250. The Kier molecular flexibility index (Phi) is 5.68. The van der Waals surface area contributed by atoms with E-state index in [2.05, 4.69) is 4.72 Å². The van der Waals surface area contributed by atoms with Crippen molar-refractivity contribution < 1.29 is 23.1 Å². The molecule has 0 aliphatic heterocycles. The van der Waals surface area contributed by atoms with Gasteiger partial charge in [-0.2, -0.15) is 0 Å². The van der Waals surface area contributed by atoms with Gasteiger partial charge in [0.25, 0.3) is 0 Å². The van der Waals surface area contributed by atoms with Gasteiger partial charge in [-0.15, -0.1) is 0 Å². The van der Waals surface area contributed by atoms with Gasteiger partial charge in [0.15, 0.2) is 0 Å². The number of ether oxygens (including phenoxy) is 1. The highest BCUT2D eigenvalue weighted by Crippen LogP contribution is 2.11. The normalized spacial score (nSPS) is 11.8. The molecule has 1 rings (SSSR count). The van der Waals surface area contributed by atoms with E-state index in [4.69, 9.17) is 9.84 Å². The zero-order valence-electron chi connectivity index (χ0n) is 10.4. The van der Waals surface area contributed by atoms with Gasteiger partial charge in [-0.05, 0) is 23.8 Å². The fourth-order valence-electron chi connectivity index (χ4n) is 1.29. The van der Waals surface area contributed by atoms with Crippen molar-refractivity contribution >= 4 is 22.1 Å². The van der Waals surface area contributed by atoms with Crippen LogP contribution in [0.4, 0.5) is 0 Å². The standard InChI is InChI=1S/C12H15NO5S/c1-18-9-8-13-19(16,17)11-5-2-10(3-6-11)4-7-12(14)15/h2-7,13H,8-9H2,1H3,(H,14,15)/b7-4+. The fourth-order valence-corrected chi connectivity index (χ4v) is 2.30. The molecule has 0 saturated carbocycles. The van der Waals surface area contributed by atoms with Gasteiger partial charge in [-0.3, -0.25) is 0 Å². The second kappa shape index (κ2) is 7.03. The van der Waals surface area contributed by atoms with Crippen LogP contribution in [0.25, 0.3) is 6.08 Å². The third kappa shape index (κ3) is 5.21. The summed E-state index contributed by atoms with van der Waals surface area (Å²) in [6.07, 6.45) is 2.37. The Balaban J connectivity index is 2.77. The number of nitrogens with one attached hydrogen (secondary N) is 1. The molecule has 19 heavy (non-hydrogen) atoms. The molecular weight excluding hydrogens is 270 g/mol. The van der Waals surface area contributed by atoms with E-state index in [9.17, 15) is 13.2 Å². The van der Waals surface area contributed by atoms with E-state index in [0.29, 0.717) is 12.2 Å². The van der Waals surface area contributed by atoms with Crippen LogP contribution < -0.4 is 4.72 Å². The van der Waals surface area contributed by atoms with E-state index in [-0.39, 0.29) is 11.4 Å².